The maximum absolute atomic E-state index is 12.8. The number of thiazole rings is 1. The van der Waals surface area contributed by atoms with Gasteiger partial charge in [-0.3, -0.25) is 0 Å². The van der Waals surface area contributed by atoms with E-state index in [1.54, 1.807) is 0 Å². The number of nitrogens with zero attached hydrogens (tertiary/aromatic N) is 1. The van der Waals surface area contributed by atoms with Crippen LogP contribution in [0, 0.1) is 18.8 Å². The zero-order valence-electron chi connectivity index (χ0n) is 10.9. The van der Waals surface area contributed by atoms with Crippen LogP contribution >= 0.6 is 11.3 Å². The van der Waals surface area contributed by atoms with E-state index < -0.39 is 12.1 Å². The van der Waals surface area contributed by atoms with Crippen LogP contribution in [-0.2, 0) is 6.42 Å². The zero-order valence-corrected chi connectivity index (χ0v) is 11.7. The van der Waals surface area contributed by atoms with E-state index in [1.807, 2.05) is 12.3 Å². The molecule has 3 unspecified atom stereocenters. The van der Waals surface area contributed by atoms with Crippen LogP contribution in [0.1, 0.15) is 36.4 Å². The van der Waals surface area contributed by atoms with Gasteiger partial charge in [-0.1, -0.05) is 6.42 Å². The normalized spacial score (nSPS) is 26.4. The fourth-order valence-corrected chi connectivity index (χ4v) is 3.62. The largest absolute Gasteiger partial charge is 0.391 e. The quantitative estimate of drug-likeness (QED) is 0.922. The third kappa shape index (κ3) is 3.92. The van der Waals surface area contributed by atoms with E-state index >= 15 is 0 Å². The van der Waals surface area contributed by atoms with E-state index in [4.69, 9.17) is 5.73 Å². The van der Waals surface area contributed by atoms with Crippen molar-refractivity contribution in [3.8, 4) is 0 Å². The number of nitrogens with two attached hydrogens (primary N) is 1. The minimum absolute atomic E-state index is 0.0374. The lowest BCUT2D eigenvalue weighted by molar-refractivity contribution is -0.186. The van der Waals surface area contributed by atoms with Gasteiger partial charge in [-0.25, -0.2) is 4.98 Å². The van der Waals surface area contributed by atoms with Crippen molar-refractivity contribution in [2.24, 2.45) is 17.6 Å². The molecule has 1 aliphatic carbocycles. The summed E-state index contributed by atoms with van der Waals surface area (Å²) in [6, 6.07) is -0.212. The van der Waals surface area contributed by atoms with Crippen molar-refractivity contribution >= 4 is 11.3 Å². The smallest absolute Gasteiger partial charge is 0.327 e. The monoisotopic (exact) mass is 292 g/mol. The number of alkyl halides is 3. The molecule has 1 saturated carbocycles. The van der Waals surface area contributed by atoms with Gasteiger partial charge in [-0.15, -0.1) is 11.3 Å². The van der Waals surface area contributed by atoms with E-state index in [0.29, 0.717) is 12.8 Å². The van der Waals surface area contributed by atoms with Crippen molar-refractivity contribution in [1.82, 2.24) is 4.98 Å². The van der Waals surface area contributed by atoms with Crippen molar-refractivity contribution in [1.29, 1.82) is 0 Å². The third-order valence-corrected chi connectivity index (χ3v) is 4.85. The molecule has 19 heavy (non-hydrogen) atoms. The Labute approximate surface area is 115 Å². The number of aromatic nitrogens is 1. The van der Waals surface area contributed by atoms with Crippen LogP contribution in [0.5, 0.6) is 0 Å². The summed E-state index contributed by atoms with van der Waals surface area (Å²) in [6.07, 6.45) is -1.63. The molecule has 3 atom stereocenters. The van der Waals surface area contributed by atoms with Crippen LogP contribution in [0.15, 0.2) is 5.38 Å². The second-order valence-electron chi connectivity index (χ2n) is 5.42. The van der Waals surface area contributed by atoms with Gasteiger partial charge in [-0.05, 0) is 32.1 Å². The molecule has 0 amide bonds. The van der Waals surface area contributed by atoms with Crippen LogP contribution in [0.3, 0.4) is 0 Å². The zero-order chi connectivity index (χ0) is 14.0. The van der Waals surface area contributed by atoms with Gasteiger partial charge in [-0.2, -0.15) is 13.2 Å². The molecule has 6 heteroatoms. The molecule has 0 aliphatic heterocycles. The molecule has 0 spiro atoms. The lowest BCUT2D eigenvalue weighted by Gasteiger charge is -2.33. The summed E-state index contributed by atoms with van der Waals surface area (Å²) in [7, 11) is 0. The van der Waals surface area contributed by atoms with Gasteiger partial charge >= 0.3 is 6.18 Å². The number of aryl methyl sites for hydroxylation is 1. The fraction of sp³-hybridized carbons (Fsp3) is 0.769. The predicted octanol–water partition coefficient (Wildman–Crippen LogP) is 3.69. The first-order chi connectivity index (χ1) is 8.86. The van der Waals surface area contributed by atoms with Gasteiger partial charge in [0.25, 0.3) is 0 Å². The molecular formula is C13H19F3N2S. The van der Waals surface area contributed by atoms with Crippen LogP contribution in [-0.4, -0.2) is 17.2 Å². The Balaban J connectivity index is 1.93. The van der Waals surface area contributed by atoms with Crippen molar-refractivity contribution in [2.45, 2.75) is 51.2 Å². The Kier molecular flexibility index (Phi) is 4.50. The third-order valence-electron chi connectivity index (χ3n) is 3.86. The number of rotatable bonds is 3. The van der Waals surface area contributed by atoms with E-state index in [2.05, 4.69) is 4.98 Å². The Bertz CT molecular complexity index is 416. The molecule has 0 bridgehead atoms. The van der Waals surface area contributed by atoms with Crippen molar-refractivity contribution < 1.29 is 13.2 Å². The van der Waals surface area contributed by atoms with E-state index in [-0.39, 0.29) is 24.8 Å². The van der Waals surface area contributed by atoms with Crippen molar-refractivity contribution in [3.05, 3.63) is 16.1 Å². The minimum Gasteiger partial charge on any atom is -0.327 e. The Morgan fingerprint density at radius 3 is 2.79 bits per heavy atom. The number of halogens is 3. The van der Waals surface area contributed by atoms with Crippen LogP contribution < -0.4 is 5.73 Å². The Morgan fingerprint density at radius 1 is 1.47 bits per heavy atom. The Hall–Kier alpha value is -0.620. The van der Waals surface area contributed by atoms with Gasteiger partial charge in [0, 0.05) is 23.5 Å². The molecule has 0 saturated heterocycles. The highest BCUT2D eigenvalue weighted by Gasteiger charge is 2.43. The average molecular weight is 292 g/mol. The summed E-state index contributed by atoms with van der Waals surface area (Å²) in [5.74, 6) is -1.21. The Morgan fingerprint density at radius 2 is 2.21 bits per heavy atom. The molecule has 108 valence electrons. The number of hydrogen-bond donors (Lipinski definition) is 1. The first-order valence-corrected chi connectivity index (χ1v) is 7.47. The maximum Gasteiger partial charge on any atom is 0.391 e. The standard InChI is InChI=1S/C13H19F3N2S/c1-8-7-19-12(18-8)6-11(17)9-3-2-4-10(5-9)13(14,15)16/h7,9-11H,2-6,17H2,1H3. The van der Waals surface area contributed by atoms with Crippen molar-refractivity contribution in [2.75, 3.05) is 0 Å². The molecular weight excluding hydrogens is 273 g/mol. The summed E-state index contributed by atoms with van der Waals surface area (Å²) in [5.41, 5.74) is 7.04. The first-order valence-electron chi connectivity index (χ1n) is 6.59. The summed E-state index contributed by atoms with van der Waals surface area (Å²) in [5, 5.41) is 2.88. The highest BCUT2D eigenvalue weighted by Crippen LogP contribution is 2.41. The lowest BCUT2D eigenvalue weighted by Crippen LogP contribution is -2.38. The predicted molar refractivity (Wildman–Crippen MR) is 70.0 cm³/mol. The van der Waals surface area contributed by atoms with Crippen molar-refractivity contribution in [3.63, 3.8) is 0 Å². The molecule has 1 aliphatic rings. The van der Waals surface area contributed by atoms with Gasteiger partial charge in [0.05, 0.1) is 10.9 Å². The van der Waals surface area contributed by atoms with Gasteiger partial charge in [0.2, 0.25) is 0 Å². The highest BCUT2D eigenvalue weighted by molar-refractivity contribution is 7.09. The summed E-state index contributed by atoms with van der Waals surface area (Å²) < 4.78 is 38.3. The first kappa shape index (κ1) is 14.8. The topological polar surface area (TPSA) is 38.9 Å². The van der Waals surface area contributed by atoms with E-state index in [9.17, 15) is 13.2 Å². The number of hydrogen-bond acceptors (Lipinski definition) is 3. The summed E-state index contributed by atoms with van der Waals surface area (Å²) in [4.78, 5) is 4.33. The highest BCUT2D eigenvalue weighted by atomic mass is 32.1. The molecule has 0 radical (unpaired) electrons. The summed E-state index contributed by atoms with van der Waals surface area (Å²) >= 11 is 1.53. The molecule has 2 nitrogen and oxygen atoms in total. The second kappa shape index (κ2) is 5.79. The van der Waals surface area contributed by atoms with Gasteiger partial charge < -0.3 is 5.73 Å². The molecule has 1 aromatic heterocycles. The average Bonchev–Trinajstić information content (AvgIpc) is 2.74. The molecule has 2 rings (SSSR count). The van der Waals surface area contributed by atoms with Crippen LogP contribution in [0.25, 0.3) is 0 Å². The van der Waals surface area contributed by atoms with Gasteiger partial charge in [0.15, 0.2) is 0 Å². The molecule has 1 aromatic rings. The minimum atomic E-state index is -4.07. The molecule has 2 N–H and O–H groups in total. The second-order valence-corrected chi connectivity index (χ2v) is 6.36. The lowest BCUT2D eigenvalue weighted by atomic mass is 9.77. The van der Waals surface area contributed by atoms with E-state index in [1.165, 1.54) is 11.3 Å². The maximum atomic E-state index is 12.8. The molecule has 1 fully saturated rings. The molecule has 1 heterocycles. The summed E-state index contributed by atoms with van der Waals surface area (Å²) in [6.45, 7) is 1.91. The van der Waals surface area contributed by atoms with E-state index in [0.717, 1.165) is 17.1 Å². The molecule has 0 aromatic carbocycles. The van der Waals surface area contributed by atoms with Gasteiger partial charge in [0.1, 0.15) is 0 Å². The fourth-order valence-electron chi connectivity index (χ4n) is 2.78. The van der Waals surface area contributed by atoms with Crippen LogP contribution in [0.2, 0.25) is 0 Å². The SMILES string of the molecule is Cc1csc(CC(N)C2CCCC(C(F)(F)F)C2)n1. The van der Waals surface area contributed by atoms with Crippen LogP contribution in [0.4, 0.5) is 13.2 Å².